The van der Waals surface area contributed by atoms with Gasteiger partial charge in [-0.2, -0.15) is 4.98 Å². The molecule has 0 amide bonds. The molecule has 0 bridgehead atoms. The van der Waals surface area contributed by atoms with E-state index in [9.17, 15) is 9.59 Å². The van der Waals surface area contributed by atoms with Gasteiger partial charge in [0.25, 0.3) is 5.56 Å². The Balaban J connectivity index is 1.24. The fourth-order valence-corrected chi connectivity index (χ4v) is 5.31. The van der Waals surface area contributed by atoms with Crippen LogP contribution in [0.5, 0.6) is 0 Å². The molecule has 0 spiro atoms. The number of imidazole rings is 1. The zero-order valence-electron chi connectivity index (χ0n) is 20.7. The molecule has 0 aliphatic heterocycles. The topological polar surface area (TPSA) is 161 Å². The second-order valence-corrected chi connectivity index (χ2v) is 11.1. The van der Waals surface area contributed by atoms with Crippen LogP contribution in [0.1, 0.15) is 11.3 Å². The summed E-state index contributed by atoms with van der Waals surface area (Å²) in [6.45, 7) is 0.791. The summed E-state index contributed by atoms with van der Waals surface area (Å²) in [5.41, 5.74) is 7.35. The lowest BCUT2D eigenvalue weighted by Crippen LogP contribution is -2.13. The van der Waals surface area contributed by atoms with Crippen LogP contribution in [0, 0.1) is 0 Å². The molecule has 12 nitrogen and oxygen atoms in total. The number of nitrogens with one attached hydrogen (secondary N) is 1. The molecule has 0 radical (unpaired) electrons. The SMILES string of the molecule is Nc1nc2c(ncn2CCOCP(OCc2cccc(Br)c2)OCc2oc(=O)oc2-c2ccc(Cl)cc2)c(=O)[nH]1. The maximum Gasteiger partial charge on any atom is 0.519 e. The Morgan fingerprint density at radius 3 is 2.70 bits per heavy atom. The second-order valence-electron chi connectivity index (χ2n) is 8.32. The second kappa shape index (κ2) is 12.9. The van der Waals surface area contributed by atoms with Gasteiger partial charge in [-0.15, -0.1) is 0 Å². The predicted octanol–water partition coefficient (Wildman–Crippen LogP) is 5.05. The average molecular weight is 651 g/mol. The van der Waals surface area contributed by atoms with E-state index in [4.69, 9.17) is 40.0 Å². The normalized spacial score (nSPS) is 12.2. The maximum absolute atomic E-state index is 12.0. The van der Waals surface area contributed by atoms with Gasteiger partial charge in [-0.05, 0) is 42.0 Å². The number of aromatic nitrogens is 4. The lowest BCUT2D eigenvalue weighted by molar-refractivity contribution is 0.136. The first-order valence-electron chi connectivity index (χ1n) is 11.8. The smallest absolute Gasteiger partial charge is 0.393 e. The number of hydrogen-bond acceptors (Lipinski definition) is 10. The van der Waals surface area contributed by atoms with Crippen molar-refractivity contribution >= 4 is 53.0 Å². The van der Waals surface area contributed by atoms with Crippen molar-refractivity contribution in [1.29, 1.82) is 0 Å². The van der Waals surface area contributed by atoms with Crippen LogP contribution >= 0.6 is 35.9 Å². The van der Waals surface area contributed by atoms with Gasteiger partial charge in [-0.1, -0.05) is 39.7 Å². The summed E-state index contributed by atoms with van der Waals surface area (Å²) in [4.78, 5) is 34.5. The quantitative estimate of drug-likeness (QED) is 0.138. The van der Waals surface area contributed by atoms with E-state index < -0.39 is 19.8 Å². The number of hydrogen-bond donors (Lipinski definition) is 2. The standard InChI is InChI=1S/C25H22BrClN5O7P/c26-17-3-1-2-15(10-17)11-36-40(14-35-9-8-32-13-29-20-22(32)30-24(28)31-23(20)33)37-12-19-21(39-25(34)38-19)16-4-6-18(27)7-5-16/h1-7,10,13H,8-9,11-12,14H2,(H3,28,30,31,33). The number of halogens is 2. The van der Waals surface area contributed by atoms with Gasteiger partial charge in [0, 0.05) is 21.6 Å². The molecule has 40 heavy (non-hydrogen) atoms. The van der Waals surface area contributed by atoms with Gasteiger partial charge in [0.15, 0.2) is 31.1 Å². The van der Waals surface area contributed by atoms with Crippen LogP contribution in [0.2, 0.25) is 5.02 Å². The first kappa shape index (κ1) is 28.2. The minimum Gasteiger partial charge on any atom is -0.393 e. The number of nitrogens with two attached hydrogens (primary N) is 1. The van der Waals surface area contributed by atoms with Gasteiger partial charge in [0.1, 0.15) is 13.0 Å². The van der Waals surface area contributed by atoms with Crippen LogP contribution in [0.15, 0.2) is 77.8 Å². The van der Waals surface area contributed by atoms with Crippen molar-refractivity contribution in [2.45, 2.75) is 19.8 Å². The lowest BCUT2D eigenvalue weighted by atomic mass is 10.1. The molecule has 1 unspecified atom stereocenters. The van der Waals surface area contributed by atoms with Gasteiger partial charge in [0.05, 0.1) is 19.5 Å². The van der Waals surface area contributed by atoms with E-state index in [0.29, 0.717) is 22.8 Å². The number of anilines is 1. The third-order valence-electron chi connectivity index (χ3n) is 5.52. The van der Waals surface area contributed by atoms with Crippen LogP contribution < -0.4 is 17.1 Å². The van der Waals surface area contributed by atoms with E-state index in [1.165, 1.54) is 6.33 Å². The van der Waals surface area contributed by atoms with Gasteiger partial charge in [-0.3, -0.25) is 9.78 Å². The van der Waals surface area contributed by atoms with Crippen molar-refractivity contribution in [1.82, 2.24) is 19.5 Å². The number of nitrogen functional groups attached to an aromatic ring is 1. The van der Waals surface area contributed by atoms with Crippen molar-refractivity contribution in [3.05, 3.63) is 96.6 Å². The molecular formula is C25H22BrClN5O7P. The number of rotatable bonds is 12. The van der Waals surface area contributed by atoms with E-state index in [1.807, 2.05) is 24.3 Å². The number of aromatic amines is 1. The minimum absolute atomic E-state index is 0.00176. The molecule has 0 aliphatic carbocycles. The first-order chi connectivity index (χ1) is 19.4. The first-order valence-corrected chi connectivity index (χ1v) is 14.3. The summed E-state index contributed by atoms with van der Waals surface area (Å²) in [6, 6.07) is 14.5. The molecule has 208 valence electrons. The zero-order chi connectivity index (χ0) is 28.1. The van der Waals surface area contributed by atoms with E-state index >= 15 is 0 Å². The fourth-order valence-electron chi connectivity index (χ4n) is 3.68. The highest BCUT2D eigenvalue weighted by Crippen LogP contribution is 2.41. The summed E-state index contributed by atoms with van der Waals surface area (Å²) in [5, 5.41) is 0.545. The summed E-state index contributed by atoms with van der Waals surface area (Å²) in [7, 11) is -1.59. The Hall–Kier alpha value is -3.32. The van der Waals surface area contributed by atoms with E-state index in [0.717, 1.165) is 10.0 Å². The lowest BCUT2D eigenvalue weighted by Gasteiger charge is -2.17. The summed E-state index contributed by atoms with van der Waals surface area (Å²) < 4.78 is 31.0. The molecule has 0 aliphatic rings. The van der Waals surface area contributed by atoms with Crippen LogP contribution in [-0.2, 0) is 33.5 Å². The Labute approximate surface area is 241 Å². The van der Waals surface area contributed by atoms with Crippen LogP contribution in [0.3, 0.4) is 0 Å². The van der Waals surface area contributed by atoms with Gasteiger partial charge in [-0.25, -0.2) is 9.78 Å². The summed E-state index contributed by atoms with van der Waals surface area (Å²) in [5.74, 6) is -0.385. The zero-order valence-corrected chi connectivity index (χ0v) is 23.9. The van der Waals surface area contributed by atoms with Crippen molar-refractivity contribution in [3.8, 4) is 11.3 Å². The van der Waals surface area contributed by atoms with Crippen molar-refractivity contribution in [3.63, 3.8) is 0 Å². The molecule has 5 aromatic rings. The van der Waals surface area contributed by atoms with Crippen molar-refractivity contribution in [2.24, 2.45) is 0 Å². The van der Waals surface area contributed by atoms with Crippen LogP contribution in [0.25, 0.3) is 22.5 Å². The van der Waals surface area contributed by atoms with Crippen molar-refractivity contribution < 1.29 is 22.6 Å². The molecular weight excluding hydrogens is 629 g/mol. The number of benzene rings is 2. The molecule has 2 aromatic carbocycles. The molecule has 0 saturated carbocycles. The maximum atomic E-state index is 12.0. The highest BCUT2D eigenvalue weighted by Gasteiger charge is 2.20. The number of H-pyrrole nitrogens is 1. The van der Waals surface area contributed by atoms with E-state index in [-0.39, 0.29) is 49.2 Å². The molecule has 3 aromatic heterocycles. The molecule has 15 heteroatoms. The molecule has 1 atom stereocenters. The van der Waals surface area contributed by atoms with Crippen LogP contribution in [-0.4, -0.2) is 32.5 Å². The third-order valence-corrected chi connectivity index (χ3v) is 7.49. The van der Waals surface area contributed by atoms with Crippen molar-refractivity contribution in [2.75, 3.05) is 18.7 Å². The molecule has 0 saturated heterocycles. The third kappa shape index (κ3) is 7.05. The monoisotopic (exact) mass is 649 g/mol. The van der Waals surface area contributed by atoms with Gasteiger partial charge < -0.3 is 32.9 Å². The molecule has 5 rings (SSSR count). The average Bonchev–Trinajstić information content (AvgIpc) is 3.51. The van der Waals surface area contributed by atoms with E-state index in [2.05, 4.69) is 30.9 Å². The number of ether oxygens (including phenoxy) is 1. The Morgan fingerprint density at radius 2 is 1.90 bits per heavy atom. The highest BCUT2D eigenvalue weighted by atomic mass is 79.9. The minimum atomic E-state index is -1.59. The molecule has 0 fully saturated rings. The van der Waals surface area contributed by atoms with E-state index in [1.54, 1.807) is 28.8 Å². The largest absolute Gasteiger partial charge is 0.519 e. The van der Waals surface area contributed by atoms with Gasteiger partial charge >= 0.3 is 5.82 Å². The number of fused-ring (bicyclic) bond motifs is 1. The summed E-state index contributed by atoms with van der Waals surface area (Å²) in [6.07, 6.45) is 1.61. The van der Waals surface area contributed by atoms with Gasteiger partial charge in [0.2, 0.25) is 5.95 Å². The molecule has 3 N–H and O–H groups in total. The molecule has 3 heterocycles. The highest BCUT2D eigenvalue weighted by molar-refractivity contribution is 9.10. The predicted molar refractivity (Wildman–Crippen MR) is 152 cm³/mol. The summed E-state index contributed by atoms with van der Waals surface area (Å²) >= 11 is 9.43. The Morgan fingerprint density at radius 1 is 1.10 bits per heavy atom. The Bertz CT molecular complexity index is 1720. The Kier molecular flexibility index (Phi) is 9.10. The van der Waals surface area contributed by atoms with Crippen LogP contribution in [0.4, 0.5) is 5.95 Å². The number of nitrogens with zero attached hydrogens (tertiary/aromatic N) is 3. The fraction of sp³-hybridized carbons (Fsp3) is 0.200.